The van der Waals surface area contributed by atoms with E-state index in [-0.39, 0.29) is 0 Å². The molecular formula is C20H17BrNO2P. The summed E-state index contributed by atoms with van der Waals surface area (Å²) in [6, 6.07) is 23.2. The largest absolute Gasteiger partial charge is 0.438 e. The van der Waals surface area contributed by atoms with E-state index in [0.29, 0.717) is 11.1 Å². The van der Waals surface area contributed by atoms with E-state index < -0.39 is 13.2 Å². The van der Waals surface area contributed by atoms with Crippen LogP contribution in [0.25, 0.3) is 0 Å². The van der Waals surface area contributed by atoms with Crippen molar-refractivity contribution < 1.29 is 9.09 Å². The van der Waals surface area contributed by atoms with Crippen LogP contribution in [0.2, 0.25) is 0 Å². The summed E-state index contributed by atoms with van der Waals surface area (Å²) in [5, 5.41) is 4.15. The van der Waals surface area contributed by atoms with E-state index in [0.717, 1.165) is 15.7 Å². The van der Waals surface area contributed by atoms with Gasteiger partial charge in [0, 0.05) is 15.7 Å². The van der Waals surface area contributed by atoms with Gasteiger partial charge in [0.1, 0.15) is 11.5 Å². The van der Waals surface area contributed by atoms with E-state index in [1.807, 2.05) is 79.7 Å². The second-order valence-corrected chi connectivity index (χ2v) is 9.44. The molecule has 1 N–H and O–H groups in total. The van der Waals surface area contributed by atoms with Crippen LogP contribution in [0.1, 0.15) is 16.9 Å². The first-order chi connectivity index (χ1) is 12.1. The molecular weight excluding hydrogens is 397 g/mol. The number of anilines is 1. The van der Waals surface area contributed by atoms with E-state index in [1.165, 1.54) is 5.56 Å². The molecule has 3 aromatic carbocycles. The van der Waals surface area contributed by atoms with Crippen LogP contribution >= 0.6 is 23.3 Å². The highest BCUT2D eigenvalue weighted by atomic mass is 79.9. The Morgan fingerprint density at radius 1 is 1.00 bits per heavy atom. The molecule has 1 aliphatic rings. The van der Waals surface area contributed by atoms with Crippen molar-refractivity contribution in [2.75, 3.05) is 5.32 Å². The second-order valence-electron chi connectivity index (χ2n) is 6.12. The molecule has 4 rings (SSSR count). The third-order valence-electron chi connectivity index (χ3n) is 4.31. The zero-order chi connectivity index (χ0) is 17.4. The Balaban J connectivity index is 1.81. The van der Waals surface area contributed by atoms with Crippen molar-refractivity contribution in [2.24, 2.45) is 0 Å². The Labute approximate surface area is 155 Å². The third kappa shape index (κ3) is 3.01. The van der Waals surface area contributed by atoms with E-state index in [9.17, 15) is 4.57 Å². The maximum absolute atomic E-state index is 13.9. The van der Waals surface area contributed by atoms with Gasteiger partial charge in [0.05, 0.1) is 5.30 Å². The summed E-state index contributed by atoms with van der Waals surface area (Å²) in [5.74, 6) is 0.241. The first kappa shape index (κ1) is 16.4. The summed E-state index contributed by atoms with van der Waals surface area (Å²) in [5.41, 5.74) is 3.01. The number of fused-ring (bicyclic) bond motifs is 1. The van der Waals surface area contributed by atoms with Gasteiger partial charge in [-0.05, 0) is 49.4 Å². The van der Waals surface area contributed by atoms with E-state index in [1.54, 1.807) is 0 Å². The molecule has 126 valence electrons. The van der Waals surface area contributed by atoms with E-state index in [4.69, 9.17) is 4.52 Å². The van der Waals surface area contributed by atoms with Gasteiger partial charge in [0.25, 0.3) is 0 Å². The Kier molecular flexibility index (Phi) is 4.18. The molecule has 0 bridgehead atoms. The molecule has 0 saturated heterocycles. The van der Waals surface area contributed by atoms with Crippen molar-refractivity contribution in [1.29, 1.82) is 0 Å². The molecule has 0 saturated carbocycles. The molecule has 0 aromatic heterocycles. The van der Waals surface area contributed by atoms with Gasteiger partial charge in [-0.3, -0.25) is 4.57 Å². The zero-order valence-corrected chi connectivity index (χ0v) is 16.1. The van der Waals surface area contributed by atoms with Crippen molar-refractivity contribution in [3.05, 3.63) is 88.4 Å². The molecule has 0 fully saturated rings. The van der Waals surface area contributed by atoms with Crippen molar-refractivity contribution in [1.82, 2.24) is 0 Å². The Hall–Kier alpha value is -2.03. The molecule has 0 spiro atoms. The van der Waals surface area contributed by atoms with Gasteiger partial charge >= 0.3 is 7.37 Å². The van der Waals surface area contributed by atoms with Crippen molar-refractivity contribution in [3.63, 3.8) is 0 Å². The Morgan fingerprint density at radius 2 is 1.72 bits per heavy atom. The summed E-state index contributed by atoms with van der Waals surface area (Å²) < 4.78 is 20.8. The lowest BCUT2D eigenvalue weighted by Crippen LogP contribution is -2.16. The van der Waals surface area contributed by atoms with Crippen LogP contribution in [0.5, 0.6) is 5.75 Å². The molecule has 1 aliphatic heterocycles. The van der Waals surface area contributed by atoms with E-state index >= 15 is 0 Å². The lowest BCUT2D eigenvalue weighted by atomic mass is 10.2. The van der Waals surface area contributed by atoms with Crippen LogP contribution in [0.15, 0.2) is 77.3 Å². The van der Waals surface area contributed by atoms with Gasteiger partial charge in [0.15, 0.2) is 0 Å². The normalized spacial score (nSPS) is 21.4. The van der Waals surface area contributed by atoms with Crippen molar-refractivity contribution in [3.8, 4) is 5.75 Å². The fourth-order valence-electron chi connectivity index (χ4n) is 3.01. The van der Waals surface area contributed by atoms with Gasteiger partial charge in [-0.2, -0.15) is 0 Å². The minimum absolute atomic E-state index is 0.426. The van der Waals surface area contributed by atoms with Gasteiger partial charge in [-0.15, -0.1) is 0 Å². The van der Waals surface area contributed by atoms with Crippen LogP contribution in [-0.2, 0) is 4.57 Å². The topological polar surface area (TPSA) is 38.3 Å². The molecule has 2 atom stereocenters. The van der Waals surface area contributed by atoms with Gasteiger partial charge in [0.2, 0.25) is 0 Å². The highest BCUT2D eigenvalue weighted by Crippen LogP contribution is 2.65. The number of halogens is 1. The molecule has 25 heavy (non-hydrogen) atoms. The molecule has 1 heterocycles. The second kappa shape index (κ2) is 6.36. The molecule has 3 aromatic rings. The average molecular weight is 414 g/mol. The lowest BCUT2D eigenvalue weighted by molar-refractivity contribution is 0.501. The Bertz CT molecular complexity index is 957. The molecule has 3 nitrogen and oxygen atoms in total. The van der Waals surface area contributed by atoms with Crippen molar-refractivity contribution in [2.45, 2.75) is 12.7 Å². The number of rotatable bonds is 3. The third-order valence-corrected chi connectivity index (χ3v) is 7.38. The quantitative estimate of drug-likeness (QED) is 0.546. The predicted octanol–water partition coefficient (Wildman–Crippen LogP) is 5.86. The lowest BCUT2D eigenvalue weighted by Gasteiger charge is -2.22. The standard InChI is InChI=1S/C20H17BrNO2P/c1-14-7-10-16(11-8-14)22-20-18-13-15(21)9-12-19(18)24-25(20,23)17-5-3-2-4-6-17/h2-13,20,22H,1H3. The summed E-state index contributed by atoms with van der Waals surface area (Å²) >= 11 is 3.51. The minimum atomic E-state index is -3.14. The fourth-order valence-corrected chi connectivity index (χ4v) is 5.83. The highest BCUT2D eigenvalue weighted by Gasteiger charge is 2.46. The molecule has 2 unspecified atom stereocenters. The molecule has 0 radical (unpaired) electrons. The summed E-state index contributed by atoms with van der Waals surface area (Å²) in [7, 11) is -3.14. The van der Waals surface area contributed by atoms with Gasteiger partial charge in [-0.1, -0.05) is 51.8 Å². The van der Waals surface area contributed by atoms with Gasteiger partial charge in [-0.25, -0.2) is 0 Å². The minimum Gasteiger partial charge on any atom is -0.438 e. The number of hydrogen-bond donors (Lipinski definition) is 1. The first-order valence-corrected chi connectivity index (χ1v) is 10.5. The van der Waals surface area contributed by atoms with Crippen molar-refractivity contribution >= 4 is 34.3 Å². The smallest absolute Gasteiger partial charge is 0.303 e. The average Bonchev–Trinajstić information content (AvgIpc) is 2.90. The van der Waals surface area contributed by atoms with Crippen LogP contribution < -0.4 is 15.1 Å². The summed E-state index contributed by atoms with van der Waals surface area (Å²) in [4.78, 5) is 0. The van der Waals surface area contributed by atoms with E-state index in [2.05, 4.69) is 21.2 Å². The summed E-state index contributed by atoms with van der Waals surface area (Å²) in [6.07, 6.45) is 0. The predicted molar refractivity (Wildman–Crippen MR) is 106 cm³/mol. The Morgan fingerprint density at radius 3 is 2.44 bits per heavy atom. The van der Waals surface area contributed by atoms with Gasteiger partial charge < -0.3 is 9.84 Å². The number of benzene rings is 3. The van der Waals surface area contributed by atoms with Crippen LogP contribution in [0.3, 0.4) is 0 Å². The van der Waals surface area contributed by atoms with Crippen LogP contribution in [-0.4, -0.2) is 0 Å². The highest BCUT2D eigenvalue weighted by molar-refractivity contribution is 9.10. The van der Waals surface area contributed by atoms with Crippen LogP contribution in [0, 0.1) is 6.92 Å². The first-order valence-electron chi connectivity index (χ1n) is 8.04. The fraction of sp³-hybridized carbons (Fsp3) is 0.100. The molecule has 5 heteroatoms. The maximum Gasteiger partial charge on any atom is 0.303 e. The molecule has 0 amide bonds. The zero-order valence-electron chi connectivity index (χ0n) is 13.6. The summed E-state index contributed by atoms with van der Waals surface area (Å²) in [6.45, 7) is 2.05. The number of hydrogen-bond acceptors (Lipinski definition) is 3. The number of aryl methyl sites for hydroxylation is 1. The molecule has 0 aliphatic carbocycles. The van der Waals surface area contributed by atoms with Crippen LogP contribution in [0.4, 0.5) is 5.69 Å². The number of nitrogens with one attached hydrogen (secondary N) is 1. The monoisotopic (exact) mass is 413 g/mol. The SMILES string of the molecule is Cc1ccc(NC2c3cc(Br)ccc3OP2(=O)c2ccccc2)cc1. The maximum atomic E-state index is 13.9.